The van der Waals surface area contributed by atoms with Gasteiger partial charge in [-0.1, -0.05) is 12.8 Å². The molecule has 1 aliphatic rings. The van der Waals surface area contributed by atoms with Gasteiger partial charge >= 0.3 is 0 Å². The van der Waals surface area contributed by atoms with Gasteiger partial charge in [0.15, 0.2) is 0 Å². The topological polar surface area (TPSA) is 0 Å². The quantitative estimate of drug-likeness (QED) is 0.336. The summed E-state index contributed by atoms with van der Waals surface area (Å²) >= 11 is 6.15. The van der Waals surface area contributed by atoms with Crippen molar-refractivity contribution in [2.24, 2.45) is 5.92 Å². The Morgan fingerprint density at radius 2 is 2.08 bits per heavy atom. The first-order chi connectivity index (χ1) is 5.84. The molecule has 0 saturated heterocycles. The number of rotatable bonds is 6. The van der Waals surface area contributed by atoms with E-state index in [4.69, 9.17) is 18.0 Å². The minimum Gasteiger partial charge on any atom is -0.123 e. The van der Waals surface area contributed by atoms with Gasteiger partial charge in [-0.25, -0.2) is 0 Å². The van der Waals surface area contributed by atoms with Crippen molar-refractivity contribution in [1.29, 1.82) is 0 Å². The molecule has 0 radical (unpaired) electrons. The van der Waals surface area contributed by atoms with E-state index < -0.39 is 0 Å². The van der Waals surface area contributed by atoms with Crippen LogP contribution in [-0.4, -0.2) is 5.38 Å². The summed E-state index contributed by atoms with van der Waals surface area (Å²) in [5, 5.41) is 0.454. The first-order valence-electron chi connectivity index (χ1n) is 4.92. The number of unbranched alkanes of at least 4 members (excludes halogenated alkanes) is 3. The molecule has 0 aromatic heterocycles. The summed E-state index contributed by atoms with van der Waals surface area (Å²) < 4.78 is 0. The van der Waals surface area contributed by atoms with Crippen LogP contribution in [0.1, 0.15) is 44.9 Å². The Morgan fingerprint density at radius 3 is 2.67 bits per heavy atom. The molecule has 0 aromatic rings. The minimum atomic E-state index is 0.454. The van der Waals surface area contributed by atoms with Gasteiger partial charge in [0.2, 0.25) is 0 Å². The molecule has 68 valence electrons. The van der Waals surface area contributed by atoms with E-state index in [0.29, 0.717) is 5.38 Å². The molecule has 1 unspecified atom stereocenters. The van der Waals surface area contributed by atoms with Gasteiger partial charge in [0.1, 0.15) is 0 Å². The highest BCUT2D eigenvalue weighted by Gasteiger charge is 2.28. The van der Waals surface area contributed by atoms with Crippen LogP contribution in [0.25, 0.3) is 0 Å². The molecule has 0 N–H and O–H groups in total. The summed E-state index contributed by atoms with van der Waals surface area (Å²) in [4.78, 5) is 0. The largest absolute Gasteiger partial charge is 0.123 e. The second-order valence-electron chi connectivity index (χ2n) is 3.66. The third-order valence-electron chi connectivity index (χ3n) is 2.43. The van der Waals surface area contributed by atoms with E-state index in [1.165, 1.54) is 38.5 Å². The maximum absolute atomic E-state index is 6.15. The molecule has 0 bridgehead atoms. The van der Waals surface area contributed by atoms with Crippen molar-refractivity contribution in [1.82, 2.24) is 0 Å². The van der Waals surface area contributed by atoms with E-state index in [-0.39, 0.29) is 0 Å². The van der Waals surface area contributed by atoms with Crippen molar-refractivity contribution in [3.05, 3.63) is 0 Å². The van der Waals surface area contributed by atoms with Gasteiger partial charge in [-0.3, -0.25) is 0 Å². The lowest BCUT2D eigenvalue weighted by Crippen LogP contribution is -2.00. The molecule has 0 spiro atoms. The molecule has 1 rings (SSSR count). The van der Waals surface area contributed by atoms with E-state index in [2.05, 4.69) is 5.92 Å². The van der Waals surface area contributed by atoms with Crippen molar-refractivity contribution >= 4 is 11.6 Å². The van der Waals surface area contributed by atoms with Gasteiger partial charge in [0.05, 0.1) is 0 Å². The van der Waals surface area contributed by atoms with Gasteiger partial charge in [-0.15, -0.1) is 23.9 Å². The molecule has 1 saturated carbocycles. The first-order valence-corrected chi connectivity index (χ1v) is 5.35. The van der Waals surface area contributed by atoms with Crippen LogP contribution in [0.15, 0.2) is 0 Å². The van der Waals surface area contributed by atoms with Gasteiger partial charge in [-0.05, 0) is 31.6 Å². The monoisotopic (exact) mass is 184 g/mol. The van der Waals surface area contributed by atoms with Crippen molar-refractivity contribution in [2.75, 3.05) is 0 Å². The summed E-state index contributed by atoms with van der Waals surface area (Å²) in [5.74, 6) is 3.50. The highest BCUT2D eigenvalue weighted by molar-refractivity contribution is 6.20. The molecule has 1 fully saturated rings. The third kappa shape index (κ3) is 4.02. The lowest BCUT2D eigenvalue weighted by molar-refractivity contribution is 0.596. The zero-order chi connectivity index (χ0) is 8.81. The molecule has 1 heteroatoms. The molecule has 0 amide bonds. The van der Waals surface area contributed by atoms with E-state index in [1.54, 1.807) is 0 Å². The summed E-state index contributed by atoms with van der Waals surface area (Å²) in [5.41, 5.74) is 0. The van der Waals surface area contributed by atoms with E-state index in [9.17, 15) is 0 Å². The second-order valence-corrected chi connectivity index (χ2v) is 4.22. The van der Waals surface area contributed by atoms with Crippen molar-refractivity contribution in [3.8, 4) is 12.3 Å². The lowest BCUT2D eigenvalue weighted by Gasteiger charge is -2.05. The van der Waals surface area contributed by atoms with Crippen LogP contribution in [0.4, 0.5) is 0 Å². The van der Waals surface area contributed by atoms with Crippen LogP contribution in [-0.2, 0) is 0 Å². The molecule has 12 heavy (non-hydrogen) atoms. The minimum absolute atomic E-state index is 0.454. The summed E-state index contributed by atoms with van der Waals surface area (Å²) in [7, 11) is 0. The second kappa shape index (κ2) is 5.49. The van der Waals surface area contributed by atoms with E-state index in [1.807, 2.05) is 0 Å². The molecule has 0 aliphatic heterocycles. The molecule has 0 nitrogen and oxygen atoms in total. The van der Waals surface area contributed by atoms with Crippen LogP contribution in [0, 0.1) is 18.3 Å². The third-order valence-corrected chi connectivity index (χ3v) is 3.01. The number of hydrogen-bond acceptors (Lipinski definition) is 0. The number of alkyl halides is 1. The Bertz CT molecular complexity index is 153. The first kappa shape index (κ1) is 9.93. The summed E-state index contributed by atoms with van der Waals surface area (Å²) in [6.45, 7) is 0. The Morgan fingerprint density at radius 1 is 1.33 bits per heavy atom. The maximum Gasteiger partial charge on any atom is 0.0364 e. The van der Waals surface area contributed by atoms with Crippen molar-refractivity contribution < 1.29 is 0 Å². The smallest absolute Gasteiger partial charge is 0.0364 e. The Balaban J connectivity index is 1.85. The molecule has 1 atom stereocenters. The Labute approximate surface area is 80.7 Å². The predicted octanol–water partition coefficient (Wildman–Crippen LogP) is 3.59. The van der Waals surface area contributed by atoms with E-state index >= 15 is 0 Å². The van der Waals surface area contributed by atoms with Crippen LogP contribution >= 0.6 is 11.6 Å². The Kier molecular flexibility index (Phi) is 4.54. The predicted molar refractivity (Wildman–Crippen MR) is 54.3 cm³/mol. The highest BCUT2D eigenvalue weighted by atomic mass is 35.5. The van der Waals surface area contributed by atoms with Crippen molar-refractivity contribution in [2.45, 2.75) is 50.3 Å². The average Bonchev–Trinajstić information content (AvgIpc) is 2.86. The molecule has 0 aromatic carbocycles. The fourth-order valence-corrected chi connectivity index (χ4v) is 1.84. The zero-order valence-corrected chi connectivity index (χ0v) is 8.32. The number of hydrogen-bond donors (Lipinski definition) is 0. The summed E-state index contributed by atoms with van der Waals surface area (Å²) in [6.07, 6.45) is 13.7. The normalized spacial score (nSPS) is 18.7. The fourth-order valence-electron chi connectivity index (χ4n) is 1.44. The van der Waals surface area contributed by atoms with Gasteiger partial charge in [-0.2, -0.15) is 0 Å². The lowest BCUT2D eigenvalue weighted by atomic mass is 10.1. The highest BCUT2D eigenvalue weighted by Crippen LogP contribution is 2.37. The molecule has 1 aliphatic carbocycles. The van der Waals surface area contributed by atoms with Gasteiger partial charge in [0.25, 0.3) is 0 Å². The SMILES string of the molecule is C#CCCCCCC(Cl)C1CC1. The van der Waals surface area contributed by atoms with Crippen LogP contribution in [0.2, 0.25) is 0 Å². The average molecular weight is 185 g/mol. The fraction of sp³-hybridized carbons (Fsp3) is 0.818. The van der Waals surface area contributed by atoms with Crippen LogP contribution in [0.5, 0.6) is 0 Å². The van der Waals surface area contributed by atoms with E-state index in [0.717, 1.165) is 12.3 Å². The maximum atomic E-state index is 6.15. The van der Waals surface area contributed by atoms with Gasteiger partial charge < -0.3 is 0 Å². The van der Waals surface area contributed by atoms with Gasteiger partial charge in [0, 0.05) is 11.8 Å². The van der Waals surface area contributed by atoms with Crippen LogP contribution < -0.4 is 0 Å². The van der Waals surface area contributed by atoms with Crippen LogP contribution in [0.3, 0.4) is 0 Å². The molecular weight excluding hydrogens is 168 g/mol. The number of terminal acetylenes is 1. The molecular formula is C11H17Cl. The summed E-state index contributed by atoms with van der Waals surface area (Å²) in [6, 6.07) is 0. The molecule has 0 heterocycles. The standard InChI is InChI=1S/C11H17Cl/c1-2-3-4-5-6-7-11(12)10-8-9-10/h1,10-11H,3-9H2. The van der Waals surface area contributed by atoms with Crippen molar-refractivity contribution in [3.63, 3.8) is 0 Å². The Hall–Kier alpha value is -0.150. The zero-order valence-electron chi connectivity index (χ0n) is 7.56. The number of halogens is 1.